The topological polar surface area (TPSA) is 76.3 Å². The van der Waals surface area contributed by atoms with Crippen molar-refractivity contribution in [1.82, 2.24) is 15.2 Å². The number of amides is 1. The highest BCUT2D eigenvalue weighted by molar-refractivity contribution is 6.06. The van der Waals surface area contributed by atoms with Gasteiger partial charge in [-0.25, -0.2) is 10.1 Å². The molecule has 0 atom stereocenters. The number of hydrogen-bond donors (Lipinski definition) is 1. The minimum Gasteiger partial charge on any atom is -0.267 e. The molecule has 0 fully saturated rings. The molecule has 0 radical (unpaired) electrons. The number of carbonyl (C=O) groups excluding carboxylic acids is 1. The van der Waals surface area contributed by atoms with Crippen molar-refractivity contribution < 1.29 is 4.79 Å². The first-order chi connectivity index (χ1) is 13.7. The number of unbranched alkanes of at least 4 members (excludes halogenated alkanes) is 1. The Hall–Kier alpha value is -3.28. The van der Waals surface area contributed by atoms with E-state index < -0.39 is 5.91 Å². The van der Waals surface area contributed by atoms with Crippen molar-refractivity contribution in [3.05, 3.63) is 76.2 Å². The Labute approximate surface area is 163 Å². The third kappa shape index (κ3) is 4.17. The van der Waals surface area contributed by atoms with E-state index in [1.54, 1.807) is 24.3 Å². The fourth-order valence-electron chi connectivity index (χ4n) is 3.03. The summed E-state index contributed by atoms with van der Waals surface area (Å²) in [5.41, 5.74) is 4.44. The summed E-state index contributed by atoms with van der Waals surface area (Å²) >= 11 is 0. The molecule has 1 amide bonds. The second-order valence-corrected chi connectivity index (χ2v) is 6.48. The Morgan fingerprint density at radius 2 is 1.71 bits per heavy atom. The molecule has 1 aromatic heterocycles. The van der Waals surface area contributed by atoms with E-state index in [-0.39, 0.29) is 11.3 Å². The van der Waals surface area contributed by atoms with E-state index in [0.717, 1.165) is 30.5 Å². The van der Waals surface area contributed by atoms with E-state index in [9.17, 15) is 9.59 Å². The lowest BCUT2D eigenvalue weighted by Crippen LogP contribution is -2.29. The fourth-order valence-corrected chi connectivity index (χ4v) is 3.03. The Morgan fingerprint density at radius 3 is 2.39 bits per heavy atom. The van der Waals surface area contributed by atoms with Crippen molar-refractivity contribution in [3.8, 4) is 0 Å². The summed E-state index contributed by atoms with van der Waals surface area (Å²) in [6.45, 7) is 4.32. The highest BCUT2D eigenvalue weighted by Gasteiger charge is 2.16. The summed E-state index contributed by atoms with van der Waals surface area (Å²) < 4.78 is 1.30. The van der Waals surface area contributed by atoms with Gasteiger partial charge in [0.2, 0.25) is 0 Å². The van der Waals surface area contributed by atoms with E-state index in [1.807, 2.05) is 37.3 Å². The molecule has 0 aliphatic rings. The summed E-state index contributed by atoms with van der Waals surface area (Å²) in [5.74, 6) is -0.427. The Bertz CT molecular complexity index is 1060. The van der Waals surface area contributed by atoms with Gasteiger partial charge in [-0.2, -0.15) is 10.2 Å². The second-order valence-electron chi connectivity index (χ2n) is 6.48. The molecule has 3 rings (SSSR count). The highest BCUT2D eigenvalue weighted by Crippen LogP contribution is 2.14. The van der Waals surface area contributed by atoms with Crippen LogP contribution in [0.25, 0.3) is 10.8 Å². The van der Waals surface area contributed by atoms with E-state index >= 15 is 0 Å². The minimum atomic E-state index is -0.427. The van der Waals surface area contributed by atoms with E-state index in [4.69, 9.17) is 0 Å². The quantitative estimate of drug-likeness (QED) is 0.504. The zero-order chi connectivity index (χ0) is 19.9. The lowest BCUT2D eigenvalue weighted by atomic mass is 10.1. The average molecular weight is 376 g/mol. The first-order valence-electron chi connectivity index (χ1n) is 9.57. The number of nitrogens with zero attached hydrogens (tertiary/aromatic N) is 3. The highest BCUT2D eigenvalue weighted by atomic mass is 16.2. The van der Waals surface area contributed by atoms with Gasteiger partial charge in [0.25, 0.3) is 11.5 Å². The molecule has 144 valence electrons. The molecule has 0 saturated heterocycles. The number of benzene rings is 2. The van der Waals surface area contributed by atoms with Gasteiger partial charge in [0, 0.05) is 11.9 Å². The van der Waals surface area contributed by atoms with Crippen LogP contribution >= 0.6 is 0 Å². The molecule has 1 heterocycles. The maximum Gasteiger partial charge on any atom is 0.292 e. The first kappa shape index (κ1) is 19.5. The number of aromatic nitrogens is 2. The van der Waals surface area contributed by atoms with Gasteiger partial charge in [0.15, 0.2) is 5.69 Å². The summed E-state index contributed by atoms with van der Waals surface area (Å²) in [5, 5.41) is 9.64. The minimum absolute atomic E-state index is 0.198. The van der Waals surface area contributed by atoms with Crippen molar-refractivity contribution in [2.45, 2.75) is 39.7 Å². The predicted octanol–water partition coefficient (Wildman–Crippen LogP) is 3.74. The van der Waals surface area contributed by atoms with Crippen molar-refractivity contribution in [2.24, 2.45) is 5.10 Å². The van der Waals surface area contributed by atoms with Crippen LogP contribution in [0.4, 0.5) is 0 Å². The van der Waals surface area contributed by atoms with Gasteiger partial charge >= 0.3 is 0 Å². The molecule has 6 heteroatoms. The van der Waals surface area contributed by atoms with Crippen LogP contribution in [0.3, 0.4) is 0 Å². The monoisotopic (exact) mass is 376 g/mol. The van der Waals surface area contributed by atoms with Gasteiger partial charge in [0.05, 0.1) is 11.1 Å². The van der Waals surface area contributed by atoms with Crippen LogP contribution < -0.4 is 11.0 Å². The summed E-state index contributed by atoms with van der Waals surface area (Å²) in [6.07, 6.45) is 2.78. The Kier molecular flexibility index (Phi) is 6.32. The molecular weight excluding hydrogens is 352 g/mol. The van der Waals surface area contributed by atoms with Crippen LogP contribution in [-0.2, 0) is 6.54 Å². The fraction of sp³-hybridized carbons (Fsp3) is 0.273. The number of nitrogens with one attached hydrogen (secondary N) is 1. The molecule has 0 unspecified atom stereocenters. The largest absolute Gasteiger partial charge is 0.292 e. The number of fused-ring (bicyclic) bond motifs is 1. The van der Waals surface area contributed by atoms with Crippen molar-refractivity contribution >= 4 is 22.4 Å². The van der Waals surface area contributed by atoms with Crippen molar-refractivity contribution in [3.63, 3.8) is 0 Å². The van der Waals surface area contributed by atoms with Crippen molar-refractivity contribution in [1.29, 1.82) is 0 Å². The van der Waals surface area contributed by atoms with Crippen LogP contribution in [0.1, 0.15) is 49.2 Å². The molecule has 28 heavy (non-hydrogen) atoms. The van der Waals surface area contributed by atoms with Gasteiger partial charge in [0.1, 0.15) is 0 Å². The van der Waals surface area contributed by atoms with Crippen LogP contribution in [-0.4, -0.2) is 21.4 Å². The molecule has 0 aliphatic heterocycles. The molecular formula is C22H24N4O2. The second kappa shape index (κ2) is 9.08. The van der Waals surface area contributed by atoms with E-state index in [0.29, 0.717) is 17.3 Å². The summed E-state index contributed by atoms with van der Waals surface area (Å²) in [4.78, 5) is 25.3. The Morgan fingerprint density at radius 1 is 1.04 bits per heavy atom. The third-order valence-electron chi connectivity index (χ3n) is 4.55. The molecule has 0 bridgehead atoms. The van der Waals surface area contributed by atoms with Crippen LogP contribution in [0.15, 0.2) is 64.5 Å². The zero-order valence-corrected chi connectivity index (χ0v) is 16.2. The molecule has 3 aromatic rings. The number of hydrogen-bond acceptors (Lipinski definition) is 4. The molecule has 6 nitrogen and oxygen atoms in total. The van der Waals surface area contributed by atoms with Gasteiger partial charge in [-0.3, -0.25) is 9.59 Å². The third-order valence-corrected chi connectivity index (χ3v) is 4.55. The predicted molar refractivity (Wildman–Crippen MR) is 112 cm³/mol. The SMILES string of the molecule is CCCC/C(=N/NC(=O)c1nn(CC)c(=O)c2ccccc12)c1ccccc1. The maximum atomic E-state index is 12.9. The van der Waals surface area contributed by atoms with Gasteiger partial charge in [-0.1, -0.05) is 61.9 Å². The van der Waals surface area contributed by atoms with Crippen LogP contribution in [0.2, 0.25) is 0 Å². The molecule has 0 saturated carbocycles. The number of hydrazone groups is 1. The molecule has 0 aliphatic carbocycles. The maximum absolute atomic E-state index is 12.9. The van der Waals surface area contributed by atoms with Crippen LogP contribution in [0, 0.1) is 0 Å². The van der Waals surface area contributed by atoms with Crippen molar-refractivity contribution in [2.75, 3.05) is 0 Å². The zero-order valence-electron chi connectivity index (χ0n) is 16.2. The molecule has 0 spiro atoms. The molecule has 1 N–H and O–H groups in total. The van der Waals surface area contributed by atoms with E-state index in [1.165, 1.54) is 4.68 Å². The number of rotatable bonds is 7. The van der Waals surface area contributed by atoms with E-state index in [2.05, 4.69) is 22.5 Å². The first-order valence-corrected chi connectivity index (χ1v) is 9.57. The van der Waals surface area contributed by atoms with Gasteiger partial charge in [-0.05, 0) is 31.4 Å². The average Bonchev–Trinajstić information content (AvgIpc) is 2.74. The lowest BCUT2D eigenvalue weighted by molar-refractivity contribution is 0.0949. The Balaban J connectivity index is 1.96. The van der Waals surface area contributed by atoms with Crippen LogP contribution in [0.5, 0.6) is 0 Å². The van der Waals surface area contributed by atoms with Gasteiger partial charge < -0.3 is 0 Å². The number of carbonyl (C=O) groups is 1. The lowest BCUT2D eigenvalue weighted by Gasteiger charge is -2.10. The summed E-state index contributed by atoms with van der Waals surface area (Å²) in [6, 6.07) is 16.8. The molecule has 2 aromatic carbocycles. The smallest absolute Gasteiger partial charge is 0.267 e. The van der Waals surface area contributed by atoms with Gasteiger partial charge in [-0.15, -0.1) is 0 Å². The summed E-state index contributed by atoms with van der Waals surface area (Å²) in [7, 11) is 0. The standard InChI is InChI=1S/C22H24N4O2/c1-3-5-15-19(16-11-7-6-8-12-16)23-24-21(27)20-17-13-9-10-14-18(17)22(28)26(4-2)25-20/h6-14H,3-5,15H2,1-2H3,(H,24,27)/b23-19-. The normalized spacial score (nSPS) is 11.6. The number of aryl methyl sites for hydroxylation is 1.